The number of hydrogen-bond acceptors (Lipinski definition) is 2. The van der Waals surface area contributed by atoms with Crippen LogP contribution in [0.15, 0.2) is 24.3 Å². The summed E-state index contributed by atoms with van der Waals surface area (Å²) in [6.45, 7) is 2.78. The first kappa shape index (κ1) is 17.2. The van der Waals surface area contributed by atoms with Crippen LogP contribution in [-0.2, 0) is 6.54 Å². The van der Waals surface area contributed by atoms with Gasteiger partial charge >= 0.3 is 6.03 Å². The van der Waals surface area contributed by atoms with Gasteiger partial charge in [0.1, 0.15) is 5.82 Å². The first-order valence-corrected chi connectivity index (χ1v) is 9.23. The van der Waals surface area contributed by atoms with E-state index in [1.165, 1.54) is 31.4 Å². The maximum absolute atomic E-state index is 12.9. The highest BCUT2D eigenvalue weighted by Gasteiger charge is 2.22. The number of carbonyl (C=O) groups excluding carboxylic acids is 1. The molecule has 2 N–H and O–H groups in total. The molecular formula is C19H28FN3O. The van der Waals surface area contributed by atoms with Crippen LogP contribution in [0.3, 0.4) is 0 Å². The molecular weight excluding hydrogens is 305 g/mol. The highest BCUT2D eigenvalue weighted by molar-refractivity contribution is 5.74. The highest BCUT2D eigenvalue weighted by atomic mass is 19.1. The predicted octanol–water partition coefficient (Wildman–Crippen LogP) is 3.42. The Kier molecular flexibility index (Phi) is 6.07. The SMILES string of the molecule is O=C(NC1CCCCC1)NC1CCN(Cc2ccc(F)cc2)CC1. The monoisotopic (exact) mass is 333 g/mol. The second-order valence-corrected chi connectivity index (χ2v) is 7.13. The fourth-order valence-electron chi connectivity index (χ4n) is 3.74. The van der Waals surface area contributed by atoms with E-state index in [4.69, 9.17) is 0 Å². The van der Waals surface area contributed by atoms with Gasteiger partial charge in [0.05, 0.1) is 0 Å². The molecule has 132 valence electrons. The molecule has 1 aliphatic carbocycles. The molecule has 1 heterocycles. The molecule has 3 rings (SSSR count). The largest absolute Gasteiger partial charge is 0.335 e. The summed E-state index contributed by atoms with van der Waals surface area (Å²) >= 11 is 0. The molecule has 4 nitrogen and oxygen atoms in total. The fraction of sp³-hybridized carbons (Fsp3) is 0.632. The third-order valence-corrected chi connectivity index (χ3v) is 5.18. The van der Waals surface area contributed by atoms with Crippen LogP contribution in [0.5, 0.6) is 0 Å². The minimum absolute atomic E-state index is 0.00103. The second-order valence-electron chi connectivity index (χ2n) is 7.13. The van der Waals surface area contributed by atoms with Crippen LogP contribution in [0.1, 0.15) is 50.5 Å². The normalized spacial score (nSPS) is 20.7. The van der Waals surface area contributed by atoms with Crippen LogP contribution >= 0.6 is 0 Å². The second kappa shape index (κ2) is 8.47. The summed E-state index contributed by atoms with van der Waals surface area (Å²) in [5, 5.41) is 6.26. The van der Waals surface area contributed by atoms with Crippen molar-refractivity contribution in [2.24, 2.45) is 0 Å². The van der Waals surface area contributed by atoms with Crippen molar-refractivity contribution in [3.8, 4) is 0 Å². The van der Waals surface area contributed by atoms with Crippen molar-refractivity contribution in [3.05, 3.63) is 35.6 Å². The van der Waals surface area contributed by atoms with Gasteiger partial charge in [-0.2, -0.15) is 0 Å². The van der Waals surface area contributed by atoms with E-state index in [1.54, 1.807) is 0 Å². The molecule has 1 aromatic carbocycles. The van der Waals surface area contributed by atoms with Crippen molar-refractivity contribution in [2.75, 3.05) is 13.1 Å². The van der Waals surface area contributed by atoms with Crippen molar-refractivity contribution in [1.82, 2.24) is 15.5 Å². The summed E-state index contributed by atoms with van der Waals surface area (Å²) in [7, 11) is 0. The number of hydrogen-bond donors (Lipinski definition) is 2. The van der Waals surface area contributed by atoms with Crippen LogP contribution in [-0.4, -0.2) is 36.1 Å². The Morgan fingerprint density at radius 1 is 0.958 bits per heavy atom. The van der Waals surface area contributed by atoms with Crippen molar-refractivity contribution in [2.45, 2.75) is 63.6 Å². The van der Waals surface area contributed by atoms with E-state index in [-0.39, 0.29) is 17.9 Å². The van der Waals surface area contributed by atoms with Crippen LogP contribution in [0.2, 0.25) is 0 Å². The topological polar surface area (TPSA) is 44.4 Å². The summed E-state index contributed by atoms with van der Waals surface area (Å²) in [6.07, 6.45) is 7.93. The lowest BCUT2D eigenvalue weighted by Gasteiger charge is -2.33. The molecule has 0 aromatic heterocycles. The Morgan fingerprint density at radius 2 is 1.54 bits per heavy atom. The van der Waals surface area contributed by atoms with Crippen LogP contribution in [0.4, 0.5) is 9.18 Å². The highest BCUT2D eigenvalue weighted by Crippen LogP contribution is 2.18. The number of piperidine rings is 1. The lowest BCUT2D eigenvalue weighted by molar-refractivity contribution is 0.184. The molecule has 5 heteroatoms. The fourth-order valence-corrected chi connectivity index (χ4v) is 3.74. The Hall–Kier alpha value is -1.62. The smallest absolute Gasteiger partial charge is 0.315 e. The molecule has 0 radical (unpaired) electrons. The molecule has 0 spiro atoms. The Morgan fingerprint density at radius 3 is 2.17 bits per heavy atom. The van der Waals surface area contributed by atoms with Gasteiger partial charge in [-0.25, -0.2) is 9.18 Å². The van der Waals surface area contributed by atoms with Gasteiger partial charge in [0.25, 0.3) is 0 Å². The number of urea groups is 1. The molecule has 0 unspecified atom stereocenters. The van der Waals surface area contributed by atoms with Crippen molar-refractivity contribution >= 4 is 6.03 Å². The van der Waals surface area contributed by atoms with E-state index in [0.29, 0.717) is 6.04 Å². The molecule has 2 amide bonds. The minimum atomic E-state index is -0.189. The van der Waals surface area contributed by atoms with Gasteiger partial charge in [-0.1, -0.05) is 31.4 Å². The minimum Gasteiger partial charge on any atom is -0.335 e. The third kappa shape index (κ3) is 5.20. The number of halogens is 1. The summed E-state index contributed by atoms with van der Waals surface area (Å²) in [6, 6.07) is 7.34. The van der Waals surface area contributed by atoms with Crippen molar-refractivity contribution in [3.63, 3.8) is 0 Å². The van der Waals surface area contributed by atoms with Crippen molar-refractivity contribution in [1.29, 1.82) is 0 Å². The standard InChI is InChI=1S/C19H28FN3O/c20-16-8-6-15(7-9-16)14-23-12-10-18(11-13-23)22-19(24)21-17-4-2-1-3-5-17/h6-9,17-18H,1-5,10-14H2,(H2,21,22,24). The molecule has 24 heavy (non-hydrogen) atoms. The Balaban J connectivity index is 1.37. The van der Waals surface area contributed by atoms with Crippen LogP contribution in [0, 0.1) is 5.82 Å². The van der Waals surface area contributed by atoms with E-state index >= 15 is 0 Å². The van der Waals surface area contributed by atoms with E-state index in [2.05, 4.69) is 15.5 Å². The first-order valence-electron chi connectivity index (χ1n) is 9.23. The van der Waals surface area contributed by atoms with Crippen molar-refractivity contribution < 1.29 is 9.18 Å². The van der Waals surface area contributed by atoms with Gasteiger partial charge in [-0.15, -0.1) is 0 Å². The molecule has 0 bridgehead atoms. The zero-order valence-corrected chi connectivity index (χ0v) is 14.3. The zero-order chi connectivity index (χ0) is 16.8. The van der Waals surface area contributed by atoms with E-state index < -0.39 is 0 Å². The number of amides is 2. The van der Waals surface area contributed by atoms with Gasteiger partial charge in [-0.05, 0) is 43.4 Å². The lowest BCUT2D eigenvalue weighted by Crippen LogP contribution is -2.50. The molecule has 1 saturated carbocycles. The molecule has 2 aliphatic rings. The van der Waals surface area contributed by atoms with Gasteiger partial charge in [0, 0.05) is 31.7 Å². The first-order chi connectivity index (χ1) is 11.7. The Bertz CT molecular complexity index is 520. The molecule has 0 atom stereocenters. The number of likely N-dealkylation sites (tertiary alicyclic amines) is 1. The number of rotatable bonds is 4. The number of nitrogens with zero attached hydrogens (tertiary/aromatic N) is 1. The molecule has 1 aliphatic heterocycles. The summed E-state index contributed by atoms with van der Waals surface area (Å²) in [4.78, 5) is 14.5. The quantitative estimate of drug-likeness (QED) is 0.887. The molecule has 1 saturated heterocycles. The zero-order valence-electron chi connectivity index (χ0n) is 14.3. The number of carbonyl (C=O) groups is 1. The average molecular weight is 333 g/mol. The third-order valence-electron chi connectivity index (χ3n) is 5.18. The Labute approximate surface area is 143 Å². The molecule has 1 aromatic rings. The predicted molar refractivity (Wildman–Crippen MR) is 93.2 cm³/mol. The van der Waals surface area contributed by atoms with Gasteiger partial charge < -0.3 is 10.6 Å². The maximum atomic E-state index is 12.9. The van der Waals surface area contributed by atoms with Gasteiger partial charge in [0.15, 0.2) is 0 Å². The lowest BCUT2D eigenvalue weighted by atomic mass is 9.96. The molecule has 2 fully saturated rings. The van der Waals surface area contributed by atoms with E-state index in [1.807, 2.05) is 12.1 Å². The number of nitrogens with one attached hydrogen (secondary N) is 2. The maximum Gasteiger partial charge on any atom is 0.315 e. The summed E-state index contributed by atoms with van der Waals surface area (Å²) < 4.78 is 12.9. The average Bonchev–Trinajstić information content (AvgIpc) is 2.59. The summed E-state index contributed by atoms with van der Waals surface area (Å²) in [5.74, 6) is -0.189. The van der Waals surface area contributed by atoms with Gasteiger partial charge in [-0.3, -0.25) is 4.90 Å². The van der Waals surface area contributed by atoms with Gasteiger partial charge in [0.2, 0.25) is 0 Å². The van der Waals surface area contributed by atoms with E-state index in [0.717, 1.165) is 50.9 Å². The number of benzene rings is 1. The van der Waals surface area contributed by atoms with E-state index in [9.17, 15) is 9.18 Å². The van der Waals surface area contributed by atoms with Crippen LogP contribution < -0.4 is 10.6 Å². The summed E-state index contributed by atoms with van der Waals surface area (Å²) in [5.41, 5.74) is 1.14. The van der Waals surface area contributed by atoms with Crippen LogP contribution in [0.25, 0.3) is 0 Å².